The van der Waals surface area contributed by atoms with Crippen LogP contribution in [-0.2, 0) is 0 Å². The first-order valence-corrected chi connectivity index (χ1v) is 4.87. The summed E-state index contributed by atoms with van der Waals surface area (Å²) >= 11 is 3.25. The molecule has 0 aliphatic heterocycles. The molecule has 1 aromatic rings. The van der Waals surface area contributed by atoms with E-state index in [1.807, 2.05) is 19.1 Å². The molecule has 1 aromatic heterocycles. The molecule has 70 valence electrons. The number of hydrogen-bond donors (Lipinski definition) is 1. The van der Waals surface area contributed by atoms with Crippen molar-refractivity contribution in [1.82, 2.24) is 4.98 Å². The van der Waals surface area contributed by atoms with Gasteiger partial charge in [-0.2, -0.15) is 0 Å². The highest BCUT2D eigenvalue weighted by atomic mass is 79.9. The van der Waals surface area contributed by atoms with Gasteiger partial charge in [0.05, 0.1) is 5.69 Å². The first kappa shape index (κ1) is 10.4. The zero-order valence-electron chi connectivity index (χ0n) is 7.44. The van der Waals surface area contributed by atoms with Crippen LogP contribution >= 0.6 is 15.9 Å². The molecule has 3 heteroatoms. The maximum atomic E-state index is 9.76. The van der Waals surface area contributed by atoms with Gasteiger partial charge in [0.1, 0.15) is 10.7 Å². The largest absolute Gasteiger partial charge is 0.386 e. The van der Waals surface area contributed by atoms with E-state index in [0.29, 0.717) is 5.69 Å². The Hall–Kier alpha value is -0.670. The average Bonchev–Trinajstić information content (AvgIpc) is 2.15. The predicted octanol–water partition coefficient (Wildman–Crippen LogP) is 2.70. The maximum absolute atomic E-state index is 9.76. The van der Waals surface area contributed by atoms with Crippen LogP contribution in [0.2, 0.25) is 0 Å². The predicted molar refractivity (Wildman–Crippen MR) is 56.3 cm³/mol. The van der Waals surface area contributed by atoms with Gasteiger partial charge in [0, 0.05) is 5.92 Å². The third-order valence-electron chi connectivity index (χ3n) is 1.91. The second kappa shape index (κ2) is 4.53. The van der Waals surface area contributed by atoms with Gasteiger partial charge in [-0.05, 0) is 28.1 Å². The monoisotopic (exact) mass is 241 g/mol. The number of aromatic nitrogens is 1. The highest BCUT2D eigenvalue weighted by Crippen LogP contribution is 2.21. The fourth-order valence-corrected chi connectivity index (χ4v) is 1.34. The van der Waals surface area contributed by atoms with Crippen LogP contribution in [0.3, 0.4) is 0 Å². The number of aliphatic hydroxyl groups excluding tert-OH is 1. The Kier molecular flexibility index (Phi) is 3.63. The van der Waals surface area contributed by atoms with E-state index >= 15 is 0 Å². The van der Waals surface area contributed by atoms with Gasteiger partial charge in [-0.3, -0.25) is 0 Å². The lowest BCUT2D eigenvalue weighted by Gasteiger charge is -2.14. The summed E-state index contributed by atoms with van der Waals surface area (Å²) in [6.45, 7) is 5.53. The molecular weight excluding hydrogens is 230 g/mol. The van der Waals surface area contributed by atoms with Crippen LogP contribution in [0.4, 0.5) is 0 Å². The van der Waals surface area contributed by atoms with Crippen LogP contribution in [0.1, 0.15) is 18.7 Å². The van der Waals surface area contributed by atoms with Gasteiger partial charge in [0.2, 0.25) is 0 Å². The topological polar surface area (TPSA) is 33.1 Å². The number of aliphatic hydroxyl groups is 1. The SMILES string of the molecule is C=C[C@H](C)[C@H](O)c1cccc(Br)n1. The summed E-state index contributed by atoms with van der Waals surface area (Å²) in [6, 6.07) is 5.48. The molecule has 0 amide bonds. The van der Waals surface area contributed by atoms with Crippen LogP contribution in [0.25, 0.3) is 0 Å². The van der Waals surface area contributed by atoms with Gasteiger partial charge < -0.3 is 5.11 Å². The molecule has 2 nitrogen and oxygen atoms in total. The van der Waals surface area contributed by atoms with Gasteiger partial charge in [-0.25, -0.2) is 4.98 Å². The van der Waals surface area contributed by atoms with Crippen molar-refractivity contribution >= 4 is 15.9 Å². The van der Waals surface area contributed by atoms with E-state index in [9.17, 15) is 5.11 Å². The van der Waals surface area contributed by atoms with E-state index in [4.69, 9.17) is 0 Å². The lowest BCUT2D eigenvalue weighted by Crippen LogP contribution is -2.08. The first-order chi connectivity index (χ1) is 6.15. The van der Waals surface area contributed by atoms with Gasteiger partial charge in [0.15, 0.2) is 0 Å². The van der Waals surface area contributed by atoms with Crippen molar-refractivity contribution in [3.05, 3.63) is 41.2 Å². The number of halogens is 1. The van der Waals surface area contributed by atoms with Crippen molar-refractivity contribution in [2.75, 3.05) is 0 Å². The first-order valence-electron chi connectivity index (χ1n) is 4.08. The van der Waals surface area contributed by atoms with Crippen molar-refractivity contribution in [3.8, 4) is 0 Å². The van der Waals surface area contributed by atoms with Crippen molar-refractivity contribution in [2.24, 2.45) is 5.92 Å². The zero-order chi connectivity index (χ0) is 9.84. The molecule has 0 spiro atoms. The van der Waals surface area contributed by atoms with Gasteiger partial charge >= 0.3 is 0 Å². The standard InChI is InChI=1S/C10H12BrNO/c1-3-7(2)10(13)8-5-4-6-9(11)12-8/h3-7,10,13H,1H2,2H3/t7-,10-/m0/s1. The minimum Gasteiger partial charge on any atom is -0.386 e. The molecule has 13 heavy (non-hydrogen) atoms. The molecule has 1 N–H and O–H groups in total. The van der Waals surface area contributed by atoms with E-state index in [1.165, 1.54) is 0 Å². The second-order valence-electron chi connectivity index (χ2n) is 2.92. The molecule has 0 saturated heterocycles. The summed E-state index contributed by atoms with van der Waals surface area (Å²) in [5.74, 6) is 0.0156. The Morgan fingerprint density at radius 1 is 1.62 bits per heavy atom. The second-order valence-corrected chi connectivity index (χ2v) is 3.74. The minimum atomic E-state index is -0.574. The van der Waals surface area contributed by atoms with Crippen molar-refractivity contribution in [3.63, 3.8) is 0 Å². The number of pyridine rings is 1. The summed E-state index contributed by atoms with van der Waals surface area (Å²) in [7, 11) is 0. The van der Waals surface area contributed by atoms with Gasteiger partial charge in [-0.1, -0.05) is 19.1 Å². The lowest BCUT2D eigenvalue weighted by atomic mass is 10.0. The fourth-order valence-electron chi connectivity index (χ4n) is 0.987. The zero-order valence-corrected chi connectivity index (χ0v) is 9.03. The molecule has 0 radical (unpaired) electrons. The summed E-state index contributed by atoms with van der Waals surface area (Å²) in [5.41, 5.74) is 0.668. The van der Waals surface area contributed by atoms with Crippen molar-refractivity contribution < 1.29 is 5.11 Å². The Morgan fingerprint density at radius 3 is 2.85 bits per heavy atom. The van der Waals surface area contributed by atoms with Crippen LogP contribution in [0, 0.1) is 5.92 Å². The number of nitrogens with zero attached hydrogens (tertiary/aromatic N) is 1. The molecule has 0 bridgehead atoms. The Labute approximate surface area is 86.4 Å². The Bertz CT molecular complexity index is 301. The quantitative estimate of drug-likeness (QED) is 0.653. The normalized spacial score (nSPS) is 15.0. The third kappa shape index (κ3) is 2.64. The average molecular weight is 242 g/mol. The van der Waals surface area contributed by atoms with E-state index in [1.54, 1.807) is 12.1 Å². The lowest BCUT2D eigenvalue weighted by molar-refractivity contribution is 0.135. The van der Waals surface area contributed by atoms with E-state index < -0.39 is 6.10 Å². The molecule has 0 aliphatic rings. The molecule has 1 rings (SSSR count). The van der Waals surface area contributed by atoms with Crippen LogP contribution in [-0.4, -0.2) is 10.1 Å². The maximum Gasteiger partial charge on any atom is 0.106 e. The van der Waals surface area contributed by atoms with E-state index in [0.717, 1.165) is 4.60 Å². The summed E-state index contributed by atoms with van der Waals surface area (Å²) < 4.78 is 0.736. The van der Waals surface area contributed by atoms with E-state index in [-0.39, 0.29) is 5.92 Å². The van der Waals surface area contributed by atoms with Crippen LogP contribution in [0.5, 0.6) is 0 Å². The molecule has 0 aliphatic carbocycles. The molecule has 2 atom stereocenters. The molecule has 0 fully saturated rings. The molecule has 0 aromatic carbocycles. The van der Waals surface area contributed by atoms with Gasteiger partial charge in [-0.15, -0.1) is 6.58 Å². The van der Waals surface area contributed by atoms with E-state index in [2.05, 4.69) is 27.5 Å². The van der Waals surface area contributed by atoms with Crippen LogP contribution < -0.4 is 0 Å². The highest BCUT2D eigenvalue weighted by Gasteiger charge is 2.14. The summed E-state index contributed by atoms with van der Waals surface area (Å²) in [4.78, 5) is 4.16. The Balaban J connectivity index is 2.88. The molecule has 0 unspecified atom stereocenters. The number of rotatable bonds is 3. The molecule has 1 heterocycles. The Morgan fingerprint density at radius 2 is 2.31 bits per heavy atom. The smallest absolute Gasteiger partial charge is 0.106 e. The number of hydrogen-bond acceptors (Lipinski definition) is 2. The summed E-state index contributed by atoms with van der Waals surface area (Å²) in [6.07, 6.45) is 1.14. The molecule has 0 saturated carbocycles. The fraction of sp³-hybridized carbons (Fsp3) is 0.300. The van der Waals surface area contributed by atoms with Crippen molar-refractivity contribution in [2.45, 2.75) is 13.0 Å². The summed E-state index contributed by atoms with van der Waals surface area (Å²) in [5, 5.41) is 9.76. The van der Waals surface area contributed by atoms with Crippen molar-refractivity contribution in [1.29, 1.82) is 0 Å². The van der Waals surface area contributed by atoms with Crippen LogP contribution in [0.15, 0.2) is 35.5 Å². The molecular formula is C10H12BrNO. The third-order valence-corrected chi connectivity index (χ3v) is 2.35. The minimum absolute atomic E-state index is 0.0156. The van der Waals surface area contributed by atoms with Gasteiger partial charge in [0.25, 0.3) is 0 Å². The highest BCUT2D eigenvalue weighted by molar-refractivity contribution is 9.10.